The number of halogens is 1. The van der Waals surface area contributed by atoms with Crippen molar-refractivity contribution in [2.45, 2.75) is 18.4 Å². The molecule has 0 heterocycles. The molecule has 1 rings (SSSR count). The topological polar surface area (TPSA) is 118 Å². The zero-order chi connectivity index (χ0) is 14.7. The van der Waals surface area contributed by atoms with E-state index in [0.29, 0.717) is 0 Å². The van der Waals surface area contributed by atoms with E-state index in [1.807, 2.05) is 0 Å². The Hall–Kier alpha value is -1.99. The molecule has 0 aliphatic carbocycles. The number of nitrogens with zero attached hydrogens (tertiary/aromatic N) is 1. The SMILES string of the molecule is CC(=O)C(Cl)c1cccc(C(O)C(=O)O)c1[N+](=O)[O-]. The Balaban J connectivity index is 3.51. The van der Waals surface area contributed by atoms with Crippen molar-refractivity contribution in [3.05, 3.63) is 39.4 Å². The molecule has 1 aromatic rings. The number of aliphatic hydroxyl groups is 1. The van der Waals surface area contributed by atoms with Gasteiger partial charge < -0.3 is 10.2 Å². The van der Waals surface area contributed by atoms with Gasteiger partial charge in [-0.25, -0.2) is 4.79 Å². The highest BCUT2D eigenvalue weighted by molar-refractivity contribution is 6.31. The second kappa shape index (κ2) is 5.77. The van der Waals surface area contributed by atoms with Gasteiger partial charge in [-0.05, 0) is 13.0 Å². The minimum atomic E-state index is -2.06. The first kappa shape index (κ1) is 15.1. The van der Waals surface area contributed by atoms with Crippen molar-refractivity contribution < 1.29 is 24.7 Å². The van der Waals surface area contributed by atoms with E-state index < -0.39 is 39.4 Å². The van der Waals surface area contributed by atoms with Crippen molar-refractivity contribution in [1.29, 1.82) is 0 Å². The van der Waals surface area contributed by atoms with Gasteiger partial charge in [0.2, 0.25) is 0 Å². The van der Waals surface area contributed by atoms with Gasteiger partial charge in [-0.15, -0.1) is 11.6 Å². The van der Waals surface area contributed by atoms with E-state index >= 15 is 0 Å². The average molecular weight is 288 g/mol. The van der Waals surface area contributed by atoms with E-state index in [-0.39, 0.29) is 5.56 Å². The summed E-state index contributed by atoms with van der Waals surface area (Å²) in [6.45, 7) is 1.15. The first-order chi connectivity index (χ1) is 8.77. The third kappa shape index (κ3) is 3.07. The number of carbonyl (C=O) groups excluding carboxylic acids is 1. The van der Waals surface area contributed by atoms with Crippen LogP contribution < -0.4 is 0 Å². The zero-order valence-electron chi connectivity index (χ0n) is 9.74. The van der Waals surface area contributed by atoms with Crippen LogP contribution in [-0.4, -0.2) is 26.9 Å². The summed E-state index contributed by atoms with van der Waals surface area (Å²) in [6, 6.07) is 3.64. The molecule has 8 heteroatoms. The highest BCUT2D eigenvalue weighted by Gasteiger charge is 2.32. The van der Waals surface area contributed by atoms with Crippen LogP contribution in [0.25, 0.3) is 0 Å². The standard InChI is InChI=1S/C11H10ClNO6/c1-5(14)8(12)6-3-2-4-7(9(6)13(18)19)10(15)11(16)17/h2-4,8,10,15H,1H3,(H,16,17). The Kier molecular flexibility index (Phi) is 4.57. The summed E-state index contributed by atoms with van der Waals surface area (Å²) in [5, 5.41) is 27.9. The van der Waals surface area contributed by atoms with E-state index in [1.165, 1.54) is 12.1 Å². The van der Waals surface area contributed by atoms with E-state index in [1.54, 1.807) is 0 Å². The summed E-state index contributed by atoms with van der Waals surface area (Å²) >= 11 is 5.76. The van der Waals surface area contributed by atoms with Crippen LogP contribution in [0.5, 0.6) is 0 Å². The maximum atomic E-state index is 11.2. The van der Waals surface area contributed by atoms with Gasteiger partial charge in [-0.3, -0.25) is 14.9 Å². The largest absolute Gasteiger partial charge is 0.479 e. The second-order valence-electron chi connectivity index (χ2n) is 3.76. The molecule has 0 spiro atoms. The Labute approximate surface area is 112 Å². The third-order valence-electron chi connectivity index (χ3n) is 2.44. The highest BCUT2D eigenvalue weighted by atomic mass is 35.5. The Morgan fingerprint density at radius 3 is 2.32 bits per heavy atom. The molecular weight excluding hydrogens is 278 g/mol. The molecule has 0 amide bonds. The molecular formula is C11H10ClNO6. The van der Waals surface area contributed by atoms with E-state index in [9.17, 15) is 24.8 Å². The molecule has 0 fully saturated rings. The van der Waals surface area contributed by atoms with Crippen LogP contribution in [-0.2, 0) is 9.59 Å². The number of rotatable bonds is 5. The number of alkyl halides is 1. The van der Waals surface area contributed by atoms with Crippen molar-refractivity contribution in [3.63, 3.8) is 0 Å². The molecule has 2 unspecified atom stereocenters. The number of carboxylic acids is 1. The number of para-hydroxylation sites is 1. The normalized spacial score (nSPS) is 13.6. The monoisotopic (exact) mass is 287 g/mol. The number of nitro groups is 1. The number of hydrogen-bond donors (Lipinski definition) is 2. The molecule has 0 aliphatic rings. The van der Waals surface area contributed by atoms with Gasteiger partial charge >= 0.3 is 5.97 Å². The fraction of sp³-hybridized carbons (Fsp3) is 0.273. The molecule has 0 radical (unpaired) electrons. The molecule has 0 saturated heterocycles. The molecule has 102 valence electrons. The number of carbonyl (C=O) groups is 2. The number of aliphatic hydroxyl groups excluding tert-OH is 1. The lowest BCUT2D eigenvalue weighted by Gasteiger charge is -2.12. The van der Waals surface area contributed by atoms with Gasteiger partial charge in [0.05, 0.1) is 16.1 Å². The van der Waals surface area contributed by atoms with E-state index in [4.69, 9.17) is 16.7 Å². The van der Waals surface area contributed by atoms with Crippen molar-refractivity contribution >= 4 is 29.0 Å². The number of nitro benzene ring substituents is 1. The Morgan fingerprint density at radius 2 is 1.89 bits per heavy atom. The van der Waals surface area contributed by atoms with Crippen LogP contribution in [0.2, 0.25) is 0 Å². The van der Waals surface area contributed by atoms with Crippen molar-refractivity contribution in [3.8, 4) is 0 Å². The second-order valence-corrected chi connectivity index (χ2v) is 4.19. The van der Waals surface area contributed by atoms with Crippen molar-refractivity contribution in [2.24, 2.45) is 0 Å². The average Bonchev–Trinajstić information content (AvgIpc) is 2.35. The summed E-state index contributed by atoms with van der Waals surface area (Å²) in [5.74, 6) is -2.15. The zero-order valence-corrected chi connectivity index (χ0v) is 10.5. The van der Waals surface area contributed by atoms with Crippen LogP contribution in [0.4, 0.5) is 5.69 Å². The first-order valence-corrected chi connectivity index (χ1v) is 5.53. The van der Waals surface area contributed by atoms with Crippen molar-refractivity contribution in [2.75, 3.05) is 0 Å². The molecule has 2 N–H and O–H groups in total. The lowest BCUT2D eigenvalue weighted by molar-refractivity contribution is -0.386. The number of hydrogen-bond acceptors (Lipinski definition) is 5. The van der Waals surface area contributed by atoms with Gasteiger partial charge in [0.15, 0.2) is 11.9 Å². The van der Waals surface area contributed by atoms with Crippen LogP contribution in [0.3, 0.4) is 0 Å². The molecule has 2 atom stereocenters. The number of Topliss-reactive ketones (excluding diaryl/α,β-unsaturated/α-hetero) is 1. The third-order valence-corrected chi connectivity index (χ3v) is 2.98. The van der Waals surface area contributed by atoms with Gasteiger partial charge in [-0.1, -0.05) is 12.1 Å². The summed E-state index contributed by atoms with van der Waals surface area (Å²) in [5.41, 5.74) is -1.22. The smallest absolute Gasteiger partial charge is 0.337 e. The van der Waals surface area contributed by atoms with E-state index in [2.05, 4.69) is 0 Å². The lowest BCUT2D eigenvalue weighted by Crippen LogP contribution is -2.15. The van der Waals surface area contributed by atoms with Crippen LogP contribution >= 0.6 is 11.6 Å². The molecule has 0 aliphatic heterocycles. The number of ketones is 1. The summed E-state index contributed by atoms with van der Waals surface area (Å²) in [4.78, 5) is 32.1. The van der Waals surface area contributed by atoms with Crippen molar-refractivity contribution in [1.82, 2.24) is 0 Å². The van der Waals surface area contributed by atoms with Gasteiger partial charge in [0.25, 0.3) is 5.69 Å². The van der Waals surface area contributed by atoms with Gasteiger partial charge in [0.1, 0.15) is 5.38 Å². The summed E-state index contributed by atoms with van der Waals surface area (Å²) in [6.07, 6.45) is -2.06. The van der Waals surface area contributed by atoms with Gasteiger partial charge in [-0.2, -0.15) is 0 Å². The number of aliphatic carboxylic acids is 1. The molecule has 19 heavy (non-hydrogen) atoms. The highest BCUT2D eigenvalue weighted by Crippen LogP contribution is 2.35. The minimum absolute atomic E-state index is 0.142. The fourth-order valence-electron chi connectivity index (χ4n) is 1.57. The lowest BCUT2D eigenvalue weighted by atomic mass is 9.99. The van der Waals surface area contributed by atoms with E-state index in [0.717, 1.165) is 13.0 Å². The predicted octanol–water partition coefficient (Wildman–Crippen LogP) is 1.58. The molecule has 0 aromatic heterocycles. The summed E-state index contributed by atoms with van der Waals surface area (Å²) < 4.78 is 0. The maximum absolute atomic E-state index is 11.2. The minimum Gasteiger partial charge on any atom is -0.479 e. The molecule has 1 aromatic carbocycles. The molecule has 0 saturated carbocycles. The fourth-order valence-corrected chi connectivity index (χ4v) is 1.74. The quantitative estimate of drug-likeness (QED) is 0.482. The van der Waals surface area contributed by atoms with Crippen LogP contribution in [0, 0.1) is 10.1 Å². The molecule has 0 bridgehead atoms. The Morgan fingerprint density at radius 1 is 1.37 bits per heavy atom. The molecule has 7 nitrogen and oxygen atoms in total. The summed E-state index contributed by atoms with van der Waals surface area (Å²) in [7, 11) is 0. The van der Waals surface area contributed by atoms with Crippen LogP contribution in [0.15, 0.2) is 18.2 Å². The number of carboxylic acid groups (broad SMARTS) is 1. The van der Waals surface area contributed by atoms with Crippen LogP contribution in [0.1, 0.15) is 29.5 Å². The maximum Gasteiger partial charge on any atom is 0.337 e. The first-order valence-electron chi connectivity index (χ1n) is 5.10. The Bertz CT molecular complexity index is 506. The number of benzene rings is 1. The predicted molar refractivity (Wildman–Crippen MR) is 65.0 cm³/mol. The van der Waals surface area contributed by atoms with Gasteiger partial charge in [0, 0.05) is 0 Å².